The molecule has 0 saturated carbocycles. The Hall–Kier alpha value is -1.32. The number of rotatable bonds is 4. The number of fused-ring (bicyclic) bond motifs is 1. The SMILES string of the molecule is CCCCc1cc(B(O)O)c2ccccc2c1. The van der Waals surface area contributed by atoms with Crippen LogP contribution in [0.25, 0.3) is 10.8 Å². The summed E-state index contributed by atoms with van der Waals surface area (Å²) in [5, 5.41) is 20.8. The molecular weight excluding hydrogens is 211 g/mol. The maximum atomic E-state index is 9.43. The second kappa shape index (κ2) is 5.34. The second-order valence-corrected chi connectivity index (χ2v) is 4.38. The smallest absolute Gasteiger partial charge is 0.423 e. The highest BCUT2D eigenvalue weighted by Gasteiger charge is 2.15. The van der Waals surface area contributed by atoms with Gasteiger partial charge in [0, 0.05) is 0 Å². The van der Waals surface area contributed by atoms with Crippen LogP contribution >= 0.6 is 0 Å². The Labute approximate surface area is 102 Å². The van der Waals surface area contributed by atoms with Gasteiger partial charge in [0.1, 0.15) is 0 Å². The van der Waals surface area contributed by atoms with Gasteiger partial charge in [0.2, 0.25) is 0 Å². The van der Waals surface area contributed by atoms with E-state index in [0.29, 0.717) is 5.46 Å². The minimum absolute atomic E-state index is 0.606. The molecule has 0 radical (unpaired) electrons. The molecule has 0 atom stereocenters. The lowest BCUT2D eigenvalue weighted by atomic mass is 9.76. The fraction of sp³-hybridized carbons (Fsp3) is 0.286. The summed E-state index contributed by atoms with van der Waals surface area (Å²) in [5.41, 5.74) is 1.78. The van der Waals surface area contributed by atoms with Gasteiger partial charge >= 0.3 is 7.12 Å². The van der Waals surface area contributed by atoms with Crippen molar-refractivity contribution in [2.45, 2.75) is 26.2 Å². The van der Waals surface area contributed by atoms with Crippen LogP contribution in [0.4, 0.5) is 0 Å². The number of benzene rings is 2. The number of unbranched alkanes of at least 4 members (excludes halogenated alkanes) is 1. The van der Waals surface area contributed by atoms with E-state index in [1.54, 1.807) is 0 Å². The van der Waals surface area contributed by atoms with E-state index in [2.05, 4.69) is 13.0 Å². The molecule has 0 aliphatic heterocycles. The Balaban J connectivity index is 2.51. The van der Waals surface area contributed by atoms with Crippen LogP contribution in [0.5, 0.6) is 0 Å². The molecule has 88 valence electrons. The Morgan fingerprint density at radius 3 is 2.59 bits per heavy atom. The van der Waals surface area contributed by atoms with Crippen LogP contribution in [0.2, 0.25) is 0 Å². The molecule has 0 aromatic heterocycles. The van der Waals surface area contributed by atoms with Crippen LogP contribution in [0, 0.1) is 0 Å². The summed E-state index contributed by atoms with van der Waals surface area (Å²) in [6.07, 6.45) is 3.25. The topological polar surface area (TPSA) is 40.5 Å². The molecule has 0 saturated heterocycles. The second-order valence-electron chi connectivity index (χ2n) is 4.38. The highest BCUT2D eigenvalue weighted by atomic mass is 16.4. The Morgan fingerprint density at radius 1 is 1.12 bits per heavy atom. The third-order valence-electron chi connectivity index (χ3n) is 3.05. The molecule has 2 N–H and O–H groups in total. The molecule has 17 heavy (non-hydrogen) atoms. The lowest BCUT2D eigenvalue weighted by molar-refractivity contribution is 0.426. The summed E-state index contributed by atoms with van der Waals surface area (Å²) in [7, 11) is -1.40. The lowest BCUT2D eigenvalue weighted by Gasteiger charge is -2.09. The quantitative estimate of drug-likeness (QED) is 0.784. The molecule has 2 rings (SSSR count). The van der Waals surface area contributed by atoms with Gasteiger partial charge in [0.15, 0.2) is 0 Å². The van der Waals surface area contributed by atoms with Gasteiger partial charge in [0.25, 0.3) is 0 Å². The van der Waals surface area contributed by atoms with Crippen LogP contribution in [0.3, 0.4) is 0 Å². The monoisotopic (exact) mass is 228 g/mol. The first-order valence-corrected chi connectivity index (χ1v) is 6.10. The molecule has 0 heterocycles. The summed E-state index contributed by atoms with van der Waals surface area (Å²) < 4.78 is 0. The molecule has 3 heteroatoms. The molecule has 0 aliphatic carbocycles. The van der Waals surface area contributed by atoms with E-state index < -0.39 is 7.12 Å². The minimum atomic E-state index is -1.40. The predicted octanol–water partition coefficient (Wildman–Crippen LogP) is 1.86. The molecule has 2 aromatic carbocycles. The van der Waals surface area contributed by atoms with Crippen LogP contribution in [0.1, 0.15) is 25.3 Å². The molecule has 2 aromatic rings. The molecule has 2 nitrogen and oxygen atoms in total. The summed E-state index contributed by atoms with van der Waals surface area (Å²) in [6, 6.07) is 11.9. The maximum absolute atomic E-state index is 9.43. The zero-order chi connectivity index (χ0) is 12.3. The van der Waals surface area contributed by atoms with E-state index in [1.165, 1.54) is 5.56 Å². The van der Waals surface area contributed by atoms with Gasteiger partial charge in [-0.3, -0.25) is 0 Å². The molecule has 0 spiro atoms. The summed E-state index contributed by atoms with van der Waals surface area (Å²) in [6.45, 7) is 2.16. The average molecular weight is 228 g/mol. The summed E-state index contributed by atoms with van der Waals surface area (Å²) >= 11 is 0. The first-order chi connectivity index (χ1) is 8.22. The van der Waals surface area contributed by atoms with Crippen molar-refractivity contribution in [3.05, 3.63) is 42.0 Å². The Kier molecular flexibility index (Phi) is 3.82. The van der Waals surface area contributed by atoms with Crippen molar-refractivity contribution in [2.24, 2.45) is 0 Å². The highest BCUT2D eigenvalue weighted by Crippen LogP contribution is 2.16. The molecule has 0 aliphatic rings. The van der Waals surface area contributed by atoms with E-state index in [1.807, 2.05) is 30.3 Å². The first kappa shape index (κ1) is 12.2. The molecule has 0 fully saturated rings. The van der Waals surface area contributed by atoms with Crippen molar-refractivity contribution in [3.8, 4) is 0 Å². The molecule has 0 bridgehead atoms. The van der Waals surface area contributed by atoms with Gasteiger partial charge in [-0.2, -0.15) is 0 Å². The van der Waals surface area contributed by atoms with Crippen LogP contribution in [0.15, 0.2) is 36.4 Å². The van der Waals surface area contributed by atoms with Crippen molar-refractivity contribution in [1.29, 1.82) is 0 Å². The Bertz CT molecular complexity index is 509. The summed E-state index contributed by atoms with van der Waals surface area (Å²) in [5.74, 6) is 0. The normalized spacial score (nSPS) is 10.8. The third-order valence-corrected chi connectivity index (χ3v) is 3.05. The molecule has 0 amide bonds. The van der Waals surface area contributed by atoms with Crippen molar-refractivity contribution >= 4 is 23.4 Å². The van der Waals surface area contributed by atoms with Gasteiger partial charge < -0.3 is 10.0 Å². The van der Waals surface area contributed by atoms with Crippen molar-refractivity contribution in [2.75, 3.05) is 0 Å². The third kappa shape index (κ3) is 2.68. The standard InChI is InChI=1S/C14H17BO2/c1-2-3-6-11-9-12-7-4-5-8-13(12)14(10-11)15(16)17/h4-5,7-10,16-17H,2-3,6H2,1H3. The van der Waals surface area contributed by atoms with Crippen LogP contribution in [-0.4, -0.2) is 17.2 Å². The highest BCUT2D eigenvalue weighted by molar-refractivity contribution is 6.62. The van der Waals surface area contributed by atoms with E-state index in [0.717, 1.165) is 30.0 Å². The van der Waals surface area contributed by atoms with Gasteiger partial charge in [-0.1, -0.05) is 49.7 Å². The minimum Gasteiger partial charge on any atom is -0.423 e. The zero-order valence-corrected chi connectivity index (χ0v) is 10.1. The largest absolute Gasteiger partial charge is 0.489 e. The van der Waals surface area contributed by atoms with Gasteiger partial charge in [-0.05, 0) is 34.6 Å². The van der Waals surface area contributed by atoms with E-state index in [9.17, 15) is 10.0 Å². The summed E-state index contributed by atoms with van der Waals surface area (Å²) in [4.78, 5) is 0. The zero-order valence-electron chi connectivity index (χ0n) is 10.1. The van der Waals surface area contributed by atoms with E-state index >= 15 is 0 Å². The van der Waals surface area contributed by atoms with Crippen molar-refractivity contribution in [1.82, 2.24) is 0 Å². The van der Waals surface area contributed by atoms with Gasteiger partial charge in [-0.25, -0.2) is 0 Å². The Morgan fingerprint density at radius 2 is 1.88 bits per heavy atom. The molecular formula is C14H17BO2. The average Bonchev–Trinajstić information content (AvgIpc) is 2.35. The van der Waals surface area contributed by atoms with E-state index in [-0.39, 0.29) is 0 Å². The first-order valence-electron chi connectivity index (χ1n) is 6.10. The van der Waals surface area contributed by atoms with Gasteiger partial charge in [0.05, 0.1) is 0 Å². The number of aryl methyl sites for hydroxylation is 1. The number of hydrogen-bond donors (Lipinski definition) is 2. The predicted molar refractivity (Wildman–Crippen MR) is 72.4 cm³/mol. The van der Waals surface area contributed by atoms with Crippen molar-refractivity contribution < 1.29 is 10.0 Å². The maximum Gasteiger partial charge on any atom is 0.489 e. The van der Waals surface area contributed by atoms with E-state index in [4.69, 9.17) is 0 Å². The van der Waals surface area contributed by atoms with Crippen LogP contribution in [-0.2, 0) is 6.42 Å². The lowest BCUT2D eigenvalue weighted by Crippen LogP contribution is -2.30. The van der Waals surface area contributed by atoms with Crippen LogP contribution < -0.4 is 5.46 Å². The van der Waals surface area contributed by atoms with Gasteiger partial charge in [-0.15, -0.1) is 0 Å². The molecule has 0 unspecified atom stereocenters. The fourth-order valence-electron chi connectivity index (χ4n) is 2.14. The fourth-order valence-corrected chi connectivity index (χ4v) is 2.14. The number of hydrogen-bond acceptors (Lipinski definition) is 2. The van der Waals surface area contributed by atoms with Crippen molar-refractivity contribution in [3.63, 3.8) is 0 Å².